The number of hydrogen-bond donors (Lipinski definition) is 2. The topological polar surface area (TPSA) is 44.4 Å². The predicted octanol–water partition coefficient (Wildman–Crippen LogP) is 1.13. The molecule has 2 aliphatic rings. The average molecular weight is 293 g/mol. The van der Waals surface area contributed by atoms with Gasteiger partial charge in [0.15, 0.2) is 5.41 Å². The molecular formula is C13H22F3N3O. The molecule has 4 nitrogen and oxygen atoms in total. The Morgan fingerprint density at radius 1 is 1.40 bits per heavy atom. The van der Waals surface area contributed by atoms with Gasteiger partial charge in [0.1, 0.15) is 0 Å². The monoisotopic (exact) mass is 293 g/mol. The zero-order valence-electron chi connectivity index (χ0n) is 11.7. The van der Waals surface area contributed by atoms with Gasteiger partial charge in [0.05, 0.1) is 0 Å². The number of halogens is 3. The van der Waals surface area contributed by atoms with Gasteiger partial charge >= 0.3 is 6.18 Å². The Bertz CT molecular complexity index is 345. The van der Waals surface area contributed by atoms with E-state index in [2.05, 4.69) is 22.5 Å². The zero-order valence-corrected chi connectivity index (χ0v) is 11.7. The minimum absolute atomic E-state index is 0.134. The van der Waals surface area contributed by atoms with Crippen LogP contribution < -0.4 is 10.6 Å². The molecule has 1 amide bonds. The summed E-state index contributed by atoms with van der Waals surface area (Å²) in [5, 5.41) is 5.29. The Morgan fingerprint density at radius 2 is 2.05 bits per heavy atom. The number of nitrogens with zero attached hydrogens (tertiary/aromatic N) is 1. The van der Waals surface area contributed by atoms with Crippen LogP contribution >= 0.6 is 0 Å². The van der Waals surface area contributed by atoms with E-state index in [0.717, 1.165) is 32.5 Å². The van der Waals surface area contributed by atoms with Crippen molar-refractivity contribution in [1.29, 1.82) is 0 Å². The minimum atomic E-state index is -4.50. The molecule has 2 rings (SSSR count). The summed E-state index contributed by atoms with van der Waals surface area (Å²) in [7, 11) is 0. The predicted molar refractivity (Wildman–Crippen MR) is 69.3 cm³/mol. The lowest BCUT2D eigenvalue weighted by atomic mass is 9.84. The number of amides is 1. The van der Waals surface area contributed by atoms with Gasteiger partial charge in [-0.25, -0.2) is 0 Å². The van der Waals surface area contributed by atoms with Crippen molar-refractivity contribution in [3.05, 3.63) is 0 Å². The molecule has 1 unspecified atom stereocenters. The van der Waals surface area contributed by atoms with E-state index in [1.807, 2.05) is 0 Å². The van der Waals surface area contributed by atoms with Crippen LogP contribution in [0, 0.1) is 5.41 Å². The van der Waals surface area contributed by atoms with Crippen LogP contribution in [0.25, 0.3) is 0 Å². The van der Waals surface area contributed by atoms with E-state index in [0.29, 0.717) is 0 Å². The van der Waals surface area contributed by atoms with Crippen LogP contribution in [-0.2, 0) is 4.79 Å². The molecule has 0 saturated carbocycles. The van der Waals surface area contributed by atoms with Gasteiger partial charge in [-0.3, -0.25) is 4.79 Å². The molecular weight excluding hydrogens is 271 g/mol. The van der Waals surface area contributed by atoms with Gasteiger partial charge in [0.25, 0.3) is 0 Å². The molecule has 116 valence electrons. The van der Waals surface area contributed by atoms with Gasteiger partial charge in [-0.1, -0.05) is 6.92 Å². The first-order valence-electron chi connectivity index (χ1n) is 7.20. The van der Waals surface area contributed by atoms with Crippen molar-refractivity contribution in [3.8, 4) is 0 Å². The summed E-state index contributed by atoms with van der Waals surface area (Å²) in [6.07, 6.45) is -3.22. The smallest absolute Gasteiger partial charge is 0.352 e. The van der Waals surface area contributed by atoms with Crippen LogP contribution in [0.5, 0.6) is 0 Å². The maximum Gasteiger partial charge on any atom is 0.404 e. The summed E-state index contributed by atoms with van der Waals surface area (Å²) < 4.78 is 39.7. The second-order valence-corrected chi connectivity index (χ2v) is 5.69. The normalized spacial score (nSPS) is 29.6. The van der Waals surface area contributed by atoms with E-state index in [-0.39, 0.29) is 25.6 Å². The van der Waals surface area contributed by atoms with Gasteiger partial charge in [0, 0.05) is 25.7 Å². The van der Waals surface area contributed by atoms with E-state index in [4.69, 9.17) is 0 Å². The van der Waals surface area contributed by atoms with Crippen molar-refractivity contribution in [2.45, 2.75) is 38.4 Å². The fourth-order valence-corrected chi connectivity index (χ4v) is 2.97. The largest absolute Gasteiger partial charge is 0.404 e. The molecule has 0 aromatic carbocycles. The summed E-state index contributed by atoms with van der Waals surface area (Å²) >= 11 is 0. The second kappa shape index (κ2) is 5.89. The highest BCUT2D eigenvalue weighted by atomic mass is 19.4. The third-order valence-corrected chi connectivity index (χ3v) is 4.50. The highest BCUT2D eigenvalue weighted by Crippen LogP contribution is 2.43. The summed E-state index contributed by atoms with van der Waals surface area (Å²) in [5.74, 6) is -0.857. The molecule has 7 heteroatoms. The van der Waals surface area contributed by atoms with Gasteiger partial charge in [-0.05, 0) is 32.4 Å². The first kappa shape index (κ1) is 15.6. The molecule has 2 saturated heterocycles. The van der Waals surface area contributed by atoms with E-state index in [9.17, 15) is 18.0 Å². The molecule has 2 N–H and O–H groups in total. The van der Waals surface area contributed by atoms with Crippen molar-refractivity contribution in [1.82, 2.24) is 15.5 Å². The number of hydrogen-bond acceptors (Lipinski definition) is 3. The lowest BCUT2D eigenvalue weighted by molar-refractivity contribution is -0.216. The van der Waals surface area contributed by atoms with E-state index in [1.165, 1.54) is 0 Å². The van der Waals surface area contributed by atoms with E-state index >= 15 is 0 Å². The number of alkyl halides is 3. The van der Waals surface area contributed by atoms with Gasteiger partial charge in [-0.15, -0.1) is 0 Å². The Hall–Kier alpha value is -0.820. The first-order valence-corrected chi connectivity index (χ1v) is 7.20. The zero-order chi connectivity index (χ0) is 14.8. The lowest BCUT2D eigenvalue weighted by Crippen LogP contribution is -2.55. The summed E-state index contributed by atoms with van der Waals surface area (Å²) in [4.78, 5) is 14.4. The SMILES string of the molecule is CCN1CCC(NC(=O)C2(C(F)(F)F)CCNC2)CC1. The van der Waals surface area contributed by atoms with Crippen molar-refractivity contribution < 1.29 is 18.0 Å². The molecule has 0 aromatic heterocycles. The molecule has 0 aromatic rings. The first-order chi connectivity index (χ1) is 9.39. The Morgan fingerprint density at radius 3 is 2.50 bits per heavy atom. The van der Waals surface area contributed by atoms with Crippen LogP contribution in [-0.4, -0.2) is 55.7 Å². The summed E-state index contributed by atoms with van der Waals surface area (Å²) in [5.41, 5.74) is -2.24. The second-order valence-electron chi connectivity index (χ2n) is 5.69. The molecule has 0 spiro atoms. The van der Waals surface area contributed by atoms with E-state index in [1.54, 1.807) is 0 Å². The van der Waals surface area contributed by atoms with Crippen LogP contribution in [0.2, 0.25) is 0 Å². The standard InChI is InChI=1S/C13H22F3N3O/c1-2-19-7-3-10(4-8-19)18-11(20)12(13(14,15)16)5-6-17-9-12/h10,17H,2-9H2,1H3,(H,18,20). The minimum Gasteiger partial charge on any atom is -0.352 e. The van der Waals surface area contributed by atoms with Crippen molar-refractivity contribution >= 4 is 5.91 Å². The maximum atomic E-state index is 13.2. The van der Waals surface area contributed by atoms with Crippen LogP contribution in [0.1, 0.15) is 26.2 Å². The van der Waals surface area contributed by atoms with Gasteiger partial charge in [0.2, 0.25) is 5.91 Å². The molecule has 1 atom stereocenters. The number of nitrogens with one attached hydrogen (secondary N) is 2. The summed E-state index contributed by atoms with van der Waals surface area (Å²) in [6, 6.07) is -0.134. The quantitative estimate of drug-likeness (QED) is 0.820. The summed E-state index contributed by atoms with van der Waals surface area (Å²) in [6.45, 7) is 4.59. The third kappa shape index (κ3) is 2.93. The van der Waals surface area contributed by atoms with Crippen molar-refractivity contribution in [2.24, 2.45) is 5.41 Å². The molecule has 20 heavy (non-hydrogen) atoms. The highest BCUT2D eigenvalue weighted by Gasteiger charge is 2.61. The highest BCUT2D eigenvalue weighted by molar-refractivity contribution is 5.84. The van der Waals surface area contributed by atoms with Crippen LogP contribution in [0.4, 0.5) is 13.2 Å². The van der Waals surface area contributed by atoms with Crippen LogP contribution in [0.15, 0.2) is 0 Å². The number of piperidine rings is 1. The Labute approximate surface area is 117 Å². The fourth-order valence-electron chi connectivity index (χ4n) is 2.97. The molecule has 0 radical (unpaired) electrons. The number of carbonyl (C=O) groups excluding carboxylic acids is 1. The van der Waals surface area contributed by atoms with Crippen molar-refractivity contribution in [2.75, 3.05) is 32.7 Å². The van der Waals surface area contributed by atoms with E-state index < -0.39 is 17.5 Å². The lowest BCUT2D eigenvalue weighted by Gasteiger charge is -2.35. The maximum absolute atomic E-state index is 13.2. The molecule has 2 fully saturated rings. The van der Waals surface area contributed by atoms with Crippen molar-refractivity contribution in [3.63, 3.8) is 0 Å². The van der Waals surface area contributed by atoms with Gasteiger partial charge in [-0.2, -0.15) is 13.2 Å². The molecule has 2 heterocycles. The number of rotatable bonds is 3. The molecule has 0 aliphatic carbocycles. The van der Waals surface area contributed by atoms with Gasteiger partial charge < -0.3 is 15.5 Å². The Kier molecular flexibility index (Phi) is 4.59. The average Bonchev–Trinajstić information content (AvgIpc) is 2.90. The number of carbonyl (C=O) groups is 1. The van der Waals surface area contributed by atoms with Crippen LogP contribution in [0.3, 0.4) is 0 Å². The molecule has 2 aliphatic heterocycles. The fraction of sp³-hybridized carbons (Fsp3) is 0.923. The number of likely N-dealkylation sites (tertiary alicyclic amines) is 1. The molecule has 0 bridgehead atoms. The Balaban J connectivity index is 1.97. The third-order valence-electron chi connectivity index (χ3n) is 4.50.